The van der Waals surface area contributed by atoms with Crippen LogP contribution in [0.1, 0.15) is 30.6 Å². The van der Waals surface area contributed by atoms with Crippen molar-refractivity contribution >= 4 is 15.7 Å². The zero-order valence-corrected chi connectivity index (χ0v) is 14.9. The van der Waals surface area contributed by atoms with Crippen LogP contribution in [0.3, 0.4) is 0 Å². The lowest BCUT2D eigenvalue weighted by molar-refractivity contribution is 0.0947. The van der Waals surface area contributed by atoms with Crippen molar-refractivity contribution < 1.29 is 13.2 Å². The van der Waals surface area contributed by atoms with Crippen LogP contribution in [-0.4, -0.2) is 51.7 Å². The normalized spacial score (nSPS) is 19.2. The first-order valence-corrected chi connectivity index (χ1v) is 9.95. The number of rotatable bonds is 6. The zero-order valence-electron chi connectivity index (χ0n) is 14.1. The summed E-state index contributed by atoms with van der Waals surface area (Å²) in [4.78, 5) is 14.8. The maximum Gasteiger partial charge on any atom is 0.251 e. The van der Waals surface area contributed by atoms with Gasteiger partial charge in [-0.1, -0.05) is 13.8 Å². The van der Waals surface area contributed by atoms with Crippen molar-refractivity contribution in [2.24, 2.45) is 11.8 Å². The molecule has 0 saturated carbocycles. The zero-order chi connectivity index (χ0) is 17.0. The summed E-state index contributed by atoms with van der Waals surface area (Å²) in [6, 6.07) is 6.07. The minimum absolute atomic E-state index is 0.146. The van der Waals surface area contributed by atoms with Crippen molar-refractivity contribution in [3.63, 3.8) is 0 Å². The fraction of sp³-hybridized carbons (Fsp3) is 0.588. The first-order chi connectivity index (χ1) is 10.8. The molecular formula is C17H26N2O3S. The van der Waals surface area contributed by atoms with Crippen LogP contribution in [0, 0.1) is 11.8 Å². The molecule has 5 nitrogen and oxygen atoms in total. The first kappa shape index (κ1) is 17.9. The third-order valence-corrected chi connectivity index (χ3v) is 5.22. The number of nitrogens with one attached hydrogen (secondary N) is 1. The van der Waals surface area contributed by atoms with Crippen LogP contribution in [0.25, 0.3) is 0 Å². The molecule has 1 amide bonds. The molecule has 1 saturated heterocycles. The van der Waals surface area contributed by atoms with E-state index in [9.17, 15) is 13.2 Å². The third kappa shape index (κ3) is 5.32. The van der Waals surface area contributed by atoms with Gasteiger partial charge in [0.1, 0.15) is 0 Å². The van der Waals surface area contributed by atoms with Gasteiger partial charge in [-0.2, -0.15) is 0 Å². The van der Waals surface area contributed by atoms with Crippen LogP contribution in [0.5, 0.6) is 0 Å². The summed E-state index contributed by atoms with van der Waals surface area (Å²) in [5, 5.41) is 2.96. The molecule has 0 bridgehead atoms. The molecule has 0 aliphatic carbocycles. The molecule has 1 aliphatic heterocycles. The molecule has 1 fully saturated rings. The van der Waals surface area contributed by atoms with Gasteiger partial charge in [-0.15, -0.1) is 0 Å². The second kappa shape index (κ2) is 7.45. The van der Waals surface area contributed by atoms with E-state index < -0.39 is 9.84 Å². The Hall–Kier alpha value is -1.40. The molecule has 1 atom stereocenters. The van der Waals surface area contributed by atoms with E-state index in [0.717, 1.165) is 32.3 Å². The van der Waals surface area contributed by atoms with Gasteiger partial charge in [-0.05, 0) is 49.1 Å². The number of carbonyl (C=O) groups is 1. The molecule has 0 unspecified atom stereocenters. The largest absolute Gasteiger partial charge is 0.352 e. The molecule has 6 heteroatoms. The summed E-state index contributed by atoms with van der Waals surface area (Å²) in [7, 11) is -3.22. The van der Waals surface area contributed by atoms with E-state index in [1.165, 1.54) is 12.1 Å². The Kier molecular flexibility index (Phi) is 5.81. The molecule has 0 aromatic heterocycles. The SMILES string of the molecule is CC(C)CN1CC[C@@H](CNC(=O)c2ccc(S(C)(=O)=O)cc2)C1. The average molecular weight is 338 g/mol. The Morgan fingerprint density at radius 3 is 2.52 bits per heavy atom. The molecular weight excluding hydrogens is 312 g/mol. The minimum atomic E-state index is -3.22. The highest BCUT2D eigenvalue weighted by Gasteiger charge is 2.23. The highest BCUT2D eigenvalue weighted by Crippen LogP contribution is 2.17. The standard InChI is InChI=1S/C17H26N2O3S/c1-13(2)11-19-9-8-14(12-19)10-18-17(20)15-4-6-16(7-5-15)23(3,21)22/h4-7,13-14H,8-12H2,1-3H3,(H,18,20)/t14-/m0/s1. The van der Waals surface area contributed by atoms with Gasteiger partial charge in [0, 0.05) is 31.5 Å². The summed E-state index contributed by atoms with van der Waals surface area (Å²) < 4.78 is 22.8. The maximum absolute atomic E-state index is 12.1. The van der Waals surface area contributed by atoms with E-state index in [1.54, 1.807) is 12.1 Å². The summed E-state index contributed by atoms with van der Waals surface area (Å²) in [6.07, 6.45) is 2.27. The lowest BCUT2D eigenvalue weighted by Crippen LogP contribution is -2.31. The van der Waals surface area contributed by atoms with Gasteiger partial charge < -0.3 is 10.2 Å². The maximum atomic E-state index is 12.1. The molecule has 1 aliphatic rings. The molecule has 128 valence electrons. The predicted molar refractivity (Wildman–Crippen MR) is 91.3 cm³/mol. The fourth-order valence-corrected chi connectivity index (χ4v) is 3.58. The molecule has 2 rings (SSSR count). The molecule has 1 aromatic carbocycles. The Morgan fingerprint density at radius 1 is 1.30 bits per heavy atom. The predicted octanol–water partition coefficient (Wildman–Crippen LogP) is 1.80. The van der Waals surface area contributed by atoms with Crippen LogP contribution in [-0.2, 0) is 9.84 Å². The van der Waals surface area contributed by atoms with Crippen molar-refractivity contribution in [1.82, 2.24) is 10.2 Å². The smallest absolute Gasteiger partial charge is 0.251 e. The minimum Gasteiger partial charge on any atom is -0.352 e. The van der Waals surface area contributed by atoms with Crippen LogP contribution < -0.4 is 5.32 Å². The Labute approximate surface area is 139 Å². The van der Waals surface area contributed by atoms with Crippen molar-refractivity contribution in [2.45, 2.75) is 25.2 Å². The molecule has 1 heterocycles. The van der Waals surface area contributed by atoms with Gasteiger partial charge >= 0.3 is 0 Å². The van der Waals surface area contributed by atoms with E-state index in [2.05, 4.69) is 24.1 Å². The molecule has 1 N–H and O–H groups in total. The van der Waals surface area contributed by atoms with Crippen molar-refractivity contribution in [1.29, 1.82) is 0 Å². The Morgan fingerprint density at radius 2 is 1.96 bits per heavy atom. The van der Waals surface area contributed by atoms with Gasteiger partial charge in [0.2, 0.25) is 0 Å². The van der Waals surface area contributed by atoms with Crippen molar-refractivity contribution in [3.05, 3.63) is 29.8 Å². The quantitative estimate of drug-likeness (QED) is 0.859. The highest BCUT2D eigenvalue weighted by molar-refractivity contribution is 7.90. The van der Waals surface area contributed by atoms with Crippen LogP contribution >= 0.6 is 0 Å². The lowest BCUT2D eigenvalue weighted by atomic mass is 10.1. The summed E-state index contributed by atoms with van der Waals surface area (Å²) in [6.45, 7) is 8.34. The average Bonchev–Trinajstić information content (AvgIpc) is 2.90. The monoisotopic (exact) mass is 338 g/mol. The first-order valence-electron chi connectivity index (χ1n) is 8.06. The molecule has 23 heavy (non-hydrogen) atoms. The van der Waals surface area contributed by atoms with Gasteiger partial charge in [0.15, 0.2) is 9.84 Å². The van der Waals surface area contributed by atoms with Crippen LogP contribution in [0.15, 0.2) is 29.2 Å². The van der Waals surface area contributed by atoms with E-state index >= 15 is 0 Å². The topological polar surface area (TPSA) is 66.5 Å². The van der Waals surface area contributed by atoms with Gasteiger partial charge in [0.25, 0.3) is 5.91 Å². The van der Waals surface area contributed by atoms with Crippen molar-refractivity contribution in [3.8, 4) is 0 Å². The van der Waals surface area contributed by atoms with Crippen LogP contribution in [0.4, 0.5) is 0 Å². The second-order valence-electron chi connectivity index (χ2n) is 6.81. The van der Waals surface area contributed by atoms with Crippen molar-refractivity contribution in [2.75, 3.05) is 32.4 Å². The van der Waals surface area contributed by atoms with Crippen LogP contribution in [0.2, 0.25) is 0 Å². The summed E-state index contributed by atoms with van der Waals surface area (Å²) in [5.74, 6) is 1.01. The highest BCUT2D eigenvalue weighted by atomic mass is 32.2. The van der Waals surface area contributed by atoms with E-state index in [0.29, 0.717) is 23.9 Å². The van der Waals surface area contributed by atoms with Gasteiger partial charge in [0.05, 0.1) is 4.90 Å². The second-order valence-corrected chi connectivity index (χ2v) is 8.83. The summed E-state index contributed by atoms with van der Waals surface area (Å²) in [5.41, 5.74) is 0.495. The Bertz CT molecular complexity index is 638. The number of carbonyl (C=O) groups excluding carboxylic acids is 1. The molecule has 0 spiro atoms. The van der Waals surface area contributed by atoms with E-state index in [-0.39, 0.29) is 10.8 Å². The van der Waals surface area contributed by atoms with Gasteiger partial charge in [-0.25, -0.2) is 8.42 Å². The van der Waals surface area contributed by atoms with E-state index in [1.807, 2.05) is 0 Å². The fourth-order valence-electron chi connectivity index (χ4n) is 2.95. The number of nitrogens with zero attached hydrogens (tertiary/aromatic N) is 1. The number of hydrogen-bond donors (Lipinski definition) is 1. The number of hydrogen-bond acceptors (Lipinski definition) is 4. The van der Waals surface area contributed by atoms with E-state index in [4.69, 9.17) is 0 Å². The molecule has 1 aromatic rings. The third-order valence-electron chi connectivity index (χ3n) is 4.09. The summed E-state index contributed by atoms with van der Waals surface area (Å²) >= 11 is 0. The Balaban J connectivity index is 1.84. The van der Waals surface area contributed by atoms with Gasteiger partial charge in [-0.3, -0.25) is 4.79 Å². The number of benzene rings is 1. The lowest BCUT2D eigenvalue weighted by Gasteiger charge is -2.18. The number of amides is 1. The number of sulfone groups is 1. The number of likely N-dealkylation sites (tertiary alicyclic amines) is 1. The molecule has 0 radical (unpaired) electrons.